The monoisotopic (exact) mass is 303 g/mol. The molecule has 0 atom stereocenters. The number of aryl methyl sites for hydroxylation is 1. The summed E-state index contributed by atoms with van der Waals surface area (Å²) in [4.78, 5) is 18.9. The first-order chi connectivity index (χ1) is 11.2. The number of anilines is 1. The topological polar surface area (TPSA) is 60.7 Å². The maximum atomic E-state index is 12.4. The van der Waals surface area contributed by atoms with Crippen LogP contribution in [-0.4, -0.2) is 15.9 Å². The molecule has 1 amide bonds. The Morgan fingerprint density at radius 1 is 1.09 bits per heavy atom. The zero-order chi connectivity index (χ0) is 15.8. The zero-order valence-electron chi connectivity index (χ0n) is 12.8. The van der Waals surface area contributed by atoms with Gasteiger partial charge in [-0.3, -0.25) is 4.79 Å². The maximum Gasteiger partial charge on any atom is 0.228 e. The Morgan fingerprint density at radius 3 is 2.87 bits per heavy atom. The quantitative estimate of drug-likeness (QED) is 0.523. The standard InChI is InChI=1S/C19H17N3O/c1-12-19(15-4-2-3-5-16(15)21-12)22-18(23)11-13-6-7-14-8-9-20-17(14)10-13/h2-10,20-21H,11H2,1H3,(H,22,23). The van der Waals surface area contributed by atoms with Gasteiger partial charge in [-0.2, -0.15) is 0 Å². The fourth-order valence-electron chi connectivity index (χ4n) is 3.01. The molecule has 0 aliphatic rings. The van der Waals surface area contributed by atoms with Crippen LogP contribution in [0.25, 0.3) is 21.8 Å². The number of hydrogen-bond acceptors (Lipinski definition) is 1. The van der Waals surface area contributed by atoms with E-state index in [4.69, 9.17) is 0 Å². The molecule has 114 valence electrons. The Labute approximate surface area is 133 Å². The molecule has 2 aromatic carbocycles. The van der Waals surface area contributed by atoms with Crippen molar-refractivity contribution in [1.29, 1.82) is 0 Å². The average molecular weight is 303 g/mol. The van der Waals surface area contributed by atoms with E-state index in [2.05, 4.69) is 15.3 Å². The van der Waals surface area contributed by atoms with Gasteiger partial charge in [-0.25, -0.2) is 0 Å². The lowest BCUT2D eigenvalue weighted by Gasteiger charge is -2.06. The molecule has 0 saturated heterocycles. The number of aromatic amines is 2. The Balaban J connectivity index is 1.58. The number of amides is 1. The summed E-state index contributed by atoms with van der Waals surface area (Å²) in [6, 6.07) is 16.1. The molecule has 4 nitrogen and oxygen atoms in total. The molecule has 0 radical (unpaired) electrons. The minimum Gasteiger partial charge on any atom is -0.361 e. The molecule has 23 heavy (non-hydrogen) atoms. The lowest BCUT2D eigenvalue weighted by Crippen LogP contribution is -2.14. The summed E-state index contributed by atoms with van der Waals surface area (Å²) in [5.41, 5.74) is 4.92. The smallest absolute Gasteiger partial charge is 0.228 e. The van der Waals surface area contributed by atoms with Gasteiger partial charge in [0.1, 0.15) is 0 Å². The van der Waals surface area contributed by atoms with Crippen LogP contribution in [-0.2, 0) is 11.2 Å². The molecule has 4 rings (SSSR count). The zero-order valence-corrected chi connectivity index (χ0v) is 12.8. The second kappa shape index (κ2) is 5.32. The number of hydrogen-bond donors (Lipinski definition) is 3. The molecule has 0 aliphatic heterocycles. The van der Waals surface area contributed by atoms with Crippen molar-refractivity contribution in [1.82, 2.24) is 9.97 Å². The summed E-state index contributed by atoms with van der Waals surface area (Å²) in [7, 11) is 0. The van der Waals surface area contributed by atoms with Crippen LogP contribution in [0.4, 0.5) is 5.69 Å². The van der Waals surface area contributed by atoms with E-state index >= 15 is 0 Å². The largest absolute Gasteiger partial charge is 0.361 e. The lowest BCUT2D eigenvalue weighted by molar-refractivity contribution is -0.115. The Bertz CT molecular complexity index is 1010. The van der Waals surface area contributed by atoms with Crippen LogP contribution in [0.3, 0.4) is 0 Å². The molecule has 2 aromatic heterocycles. The van der Waals surface area contributed by atoms with Crippen molar-refractivity contribution in [2.45, 2.75) is 13.3 Å². The summed E-state index contributed by atoms with van der Waals surface area (Å²) in [6.45, 7) is 1.97. The van der Waals surface area contributed by atoms with Gasteiger partial charge >= 0.3 is 0 Å². The Morgan fingerprint density at radius 2 is 1.96 bits per heavy atom. The maximum absolute atomic E-state index is 12.4. The molecule has 4 heteroatoms. The van der Waals surface area contributed by atoms with Crippen molar-refractivity contribution in [2.75, 3.05) is 5.32 Å². The summed E-state index contributed by atoms with van der Waals surface area (Å²) >= 11 is 0. The first kappa shape index (κ1) is 13.6. The third-order valence-corrected chi connectivity index (χ3v) is 4.14. The highest BCUT2D eigenvalue weighted by atomic mass is 16.1. The van der Waals surface area contributed by atoms with Crippen LogP contribution in [0, 0.1) is 6.92 Å². The number of aromatic nitrogens is 2. The van der Waals surface area contributed by atoms with Gasteiger partial charge in [-0.05, 0) is 36.1 Å². The molecule has 0 fully saturated rings. The van der Waals surface area contributed by atoms with E-state index in [1.54, 1.807) is 0 Å². The second-order valence-corrected chi connectivity index (χ2v) is 5.79. The fourth-order valence-corrected chi connectivity index (χ4v) is 3.01. The molecule has 0 unspecified atom stereocenters. The highest BCUT2D eigenvalue weighted by molar-refractivity contribution is 6.03. The summed E-state index contributed by atoms with van der Waals surface area (Å²) in [5, 5.41) is 5.24. The predicted molar refractivity (Wildman–Crippen MR) is 93.7 cm³/mol. The third-order valence-electron chi connectivity index (χ3n) is 4.14. The number of rotatable bonds is 3. The SMILES string of the molecule is Cc1[nH]c2ccccc2c1NC(=O)Cc1ccc2cc[nH]c2c1. The van der Waals surface area contributed by atoms with E-state index < -0.39 is 0 Å². The summed E-state index contributed by atoms with van der Waals surface area (Å²) in [5.74, 6) is -0.0104. The van der Waals surface area contributed by atoms with E-state index in [0.29, 0.717) is 6.42 Å². The molecule has 0 bridgehead atoms. The van der Waals surface area contributed by atoms with Crippen molar-refractivity contribution < 1.29 is 4.79 Å². The first-order valence-corrected chi connectivity index (χ1v) is 7.64. The number of nitrogens with one attached hydrogen (secondary N) is 3. The average Bonchev–Trinajstić information content (AvgIpc) is 3.12. The van der Waals surface area contributed by atoms with Gasteiger partial charge in [-0.15, -0.1) is 0 Å². The van der Waals surface area contributed by atoms with Crippen molar-refractivity contribution in [2.24, 2.45) is 0 Å². The van der Waals surface area contributed by atoms with Crippen LogP contribution in [0.5, 0.6) is 0 Å². The van der Waals surface area contributed by atoms with Gasteiger partial charge in [0, 0.05) is 28.3 Å². The minimum atomic E-state index is -0.0104. The molecule has 2 heterocycles. The normalized spacial score (nSPS) is 11.2. The van der Waals surface area contributed by atoms with E-state index in [1.165, 1.54) is 0 Å². The van der Waals surface area contributed by atoms with Crippen molar-refractivity contribution >= 4 is 33.4 Å². The van der Waals surface area contributed by atoms with Gasteiger partial charge < -0.3 is 15.3 Å². The number of fused-ring (bicyclic) bond motifs is 2. The van der Waals surface area contributed by atoms with Crippen LogP contribution >= 0.6 is 0 Å². The van der Waals surface area contributed by atoms with Crippen molar-refractivity contribution in [3.63, 3.8) is 0 Å². The number of carbonyl (C=O) groups excluding carboxylic acids is 1. The number of benzene rings is 2. The predicted octanol–water partition coefficient (Wildman–Crippen LogP) is 4.14. The Kier molecular flexibility index (Phi) is 3.15. The second-order valence-electron chi connectivity index (χ2n) is 5.79. The minimum absolute atomic E-state index is 0.0104. The van der Waals surface area contributed by atoms with Crippen LogP contribution < -0.4 is 5.32 Å². The van der Waals surface area contributed by atoms with Crippen LogP contribution in [0.15, 0.2) is 54.7 Å². The highest BCUT2D eigenvalue weighted by Gasteiger charge is 2.11. The molecule has 0 aliphatic carbocycles. The third kappa shape index (κ3) is 2.48. The number of para-hydroxylation sites is 1. The Hall–Kier alpha value is -3.01. The van der Waals surface area contributed by atoms with Gasteiger partial charge in [0.25, 0.3) is 0 Å². The number of carbonyl (C=O) groups is 1. The molecular formula is C19H17N3O. The van der Waals surface area contributed by atoms with E-state index in [9.17, 15) is 4.79 Å². The molecule has 4 aromatic rings. The van der Waals surface area contributed by atoms with Gasteiger partial charge in [0.2, 0.25) is 5.91 Å². The van der Waals surface area contributed by atoms with E-state index in [1.807, 2.05) is 61.7 Å². The van der Waals surface area contributed by atoms with Gasteiger partial charge in [0.15, 0.2) is 0 Å². The highest BCUT2D eigenvalue weighted by Crippen LogP contribution is 2.27. The molecule has 0 spiro atoms. The summed E-state index contributed by atoms with van der Waals surface area (Å²) in [6.07, 6.45) is 2.26. The van der Waals surface area contributed by atoms with Gasteiger partial charge in [-0.1, -0.05) is 30.3 Å². The number of H-pyrrole nitrogens is 2. The van der Waals surface area contributed by atoms with E-state index in [0.717, 1.165) is 38.8 Å². The molecule has 0 saturated carbocycles. The van der Waals surface area contributed by atoms with Crippen LogP contribution in [0.2, 0.25) is 0 Å². The van der Waals surface area contributed by atoms with Crippen LogP contribution in [0.1, 0.15) is 11.3 Å². The summed E-state index contributed by atoms with van der Waals surface area (Å²) < 4.78 is 0. The van der Waals surface area contributed by atoms with E-state index in [-0.39, 0.29) is 5.91 Å². The first-order valence-electron chi connectivity index (χ1n) is 7.64. The van der Waals surface area contributed by atoms with Crippen molar-refractivity contribution in [3.05, 3.63) is 66.0 Å². The fraction of sp³-hybridized carbons (Fsp3) is 0.105. The molecule has 3 N–H and O–H groups in total. The lowest BCUT2D eigenvalue weighted by atomic mass is 10.1. The molecular weight excluding hydrogens is 286 g/mol. The van der Waals surface area contributed by atoms with Gasteiger partial charge in [0.05, 0.1) is 12.1 Å². The van der Waals surface area contributed by atoms with Crippen molar-refractivity contribution in [3.8, 4) is 0 Å².